The summed E-state index contributed by atoms with van der Waals surface area (Å²) in [6.07, 6.45) is 1.80. The van der Waals surface area contributed by atoms with E-state index in [2.05, 4.69) is 36.9 Å². The van der Waals surface area contributed by atoms with Crippen molar-refractivity contribution in [1.29, 1.82) is 0 Å². The number of nitrogens with zero attached hydrogens (tertiary/aromatic N) is 1. The van der Waals surface area contributed by atoms with Gasteiger partial charge in [-0.3, -0.25) is 4.99 Å². The third-order valence-electron chi connectivity index (χ3n) is 3.69. The molecular formula is C21H16Br2FNO. The molecular weight excluding hydrogens is 461 g/mol. The fourth-order valence-electron chi connectivity index (χ4n) is 2.35. The Bertz CT molecular complexity index is 916. The molecule has 0 heterocycles. The predicted octanol–water partition coefficient (Wildman–Crippen LogP) is 6.99. The quantitative estimate of drug-likeness (QED) is 0.363. The van der Waals surface area contributed by atoms with Gasteiger partial charge < -0.3 is 4.74 Å². The Morgan fingerprint density at radius 3 is 2.35 bits per heavy atom. The van der Waals surface area contributed by atoms with Gasteiger partial charge >= 0.3 is 0 Å². The Kier molecular flexibility index (Phi) is 6.22. The number of aryl methyl sites for hydroxylation is 1. The lowest BCUT2D eigenvalue weighted by Gasteiger charge is -2.11. The molecule has 132 valence electrons. The fourth-order valence-corrected chi connectivity index (χ4v) is 3.80. The van der Waals surface area contributed by atoms with Gasteiger partial charge in [-0.05, 0) is 86.3 Å². The lowest BCUT2D eigenvalue weighted by Crippen LogP contribution is -1.98. The topological polar surface area (TPSA) is 21.6 Å². The Morgan fingerprint density at radius 2 is 1.69 bits per heavy atom. The molecule has 5 heteroatoms. The second kappa shape index (κ2) is 8.60. The van der Waals surface area contributed by atoms with E-state index in [4.69, 9.17) is 4.74 Å². The van der Waals surface area contributed by atoms with Crippen LogP contribution >= 0.6 is 31.9 Å². The first-order valence-electron chi connectivity index (χ1n) is 7.98. The third-order valence-corrected chi connectivity index (χ3v) is 4.87. The van der Waals surface area contributed by atoms with Crippen LogP contribution in [0.15, 0.2) is 74.6 Å². The normalized spacial score (nSPS) is 11.1. The minimum absolute atomic E-state index is 0.271. The van der Waals surface area contributed by atoms with E-state index >= 15 is 0 Å². The van der Waals surface area contributed by atoms with Crippen LogP contribution in [0.2, 0.25) is 0 Å². The monoisotopic (exact) mass is 475 g/mol. The molecule has 0 saturated heterocycles. The highest BCUT2D eigenvalue weighted by Crippen LogP contribution is 2.35. The zero-order chi connectivity index (χ0) is 18.5. The van der Waals surface area contributed by atoms with Gasteiger partial charge in [0.05, 0.1) is 14.6 Å². The highest BCUT2D eigenvalue weighted by atomic mass is 79.9. The van der Waals surface area contributed by atoms with Crippen LogP contribution in [0.4, 0.5) is 10.1 Å². The molecule has 0 aliphatic carbocycles. The van der Waals surface area contributed by atoms with Crippen molar-refractivity contribution >= 4 is 43.8 Å². The van der Waals surface area contributed by atoms with Gasteiger partial charge in [-0.15, -0.1) is 0 Å². The van der Waals surface area contributed by atoms with Gasteiger partial charge in [-0.1, -0.05) is 29.8 Å². The molecule has 0 atom stereocenters. The molecule has 0 aromatic heterocycles. The Morgan fingerprint density at radius 1 is 1.00 bits per heavy atom. The standard InChI is InChI=1S/C21H16Br2FNO/c1-14-5-7-18(8-6-14)25-12-16-10-19(22)21(20(23)11-16)26-13-15-3-2-4-17(24)9-15/h2-12H,13H2,1H3. The van der Waals surface area contributed by atoms with Crippen molar-refractivity contribution in [2.45, 2.75) is 13.5 Å². The molecule has 0 aliphatic rings. The smallest absolute Gasteiger partial charge is 0.148 e. The molecule has 0 radical (unpaired) electrons. The molecule has 3 rings (SSSR count). The summed E-state index contributed by atoms with van der Waals surface area (Å²) in [5.41, 5.74) is 3.81. The first-order chi connectivity index (χ1) is 12.5. The maximum Gasteiger partial charge on any atom is 0.148 e. The maximum absolute atomic E-state index is 13.3. The number of halogens is 3. The molecule has 3 aromatic rings. The summed E-state index contributed by atoms with van der Waals surface area (Å²) in [7, 11) is 0. The van der Waals surface area contributed by atoms with E-state index in [1.54, 1.807) is 12.3 Å². The van der Waals surface area contributed by atoms with Gasteiger partial charge in [-0.2, -0.15) is 0 Å². The molecule has 26 heavy (non-hydrogen) atoms. The average molecular weight is 477 g/mol. The molecule has 0 unspecified atom stereocenters. The summed E-state index contributed by atoms with van der Waals surface area (Å²) in [5.74, 6) is 0.397. The van der Waals surface area contributed by atoms with Crippen LogP contribution in [0, 0.1) is 12.7 Å². The summed E-state index contributed by atoms with van der Waals surface area (Å²) in [5, 5.41) is 0. The molecule has 0 aliphatic heterocycles. The van der Waals surface area contributed by atoms with E-state index in [-0.39, 0.29) is 12.4 Å². The van der Waals surface area contributed by atoms with Crippen LogP contribution in [0.5, 0.6) is 5.75 Å². The second-order valence-electron chi connectivity index (χ2n) is 5.83. The second-order valence-corrected chi connectivity index (χ2v) is 7.53. The van der Waals surface area contributed by atoms with Crippen molar-refractivity contribution in [2.75, 3.05) is 0 Å². The van der Waals surface area contributed by atoms with Crippen molar-refractivity contribution in [3.63, 3.8) is 0 Å². The minimum atomic E-state index is -0.271. The van der Waals surface area contributed by atoms with E-state index in [9.17, 15) is 4.39 Å². The van der Waals surface area contributed by atoms with E-state index in [1.165, 1.54) is 17.7 Å². The molecule has 2 nitrogen and oxygen atoms in total. The van der Waals surface area contributed by atoms with Gasteiger partial charge in [-0.25, -0.2) is 4.39 Å². The van der Waals surface area contributed by atoms with Gasteiger partial charge in [0, 0.05) is 6.21 Å². The number of aliphatic imine (C=N–C) groups is 1. The first kappa shape index (κ1) is 18.8. The highest BCUT2D eigenvalue weighted by Gasteiger charge is 2.09. The fraction of sp³-hybridized carbons (Fsp3) is 0.0952. The van der Waals surface area contributed by atoms with Crippen molar-refractivity contribution in [1.82, 2.24) is 0 Å². The number of benzene rings is 3. The number of ether oxygens (including phenoxy) is 1. The predicted molar refractivity (Wildman–Crippen MR) is 111 cm³/mol. The van der Waals surface area contributed by atoms with E-state index in [0.29, 0.717) is 5.75 Å². The number of hydrogen-bond donors (Lipinski definition) is 0. The van der Waals surface area contributed by atoms with Gasteiger partial charge in [0.25, 0.3) is 0 Å². The van der Waals surface area contributed by atoms with Crippen LogP contribution in [-0.4, -0.2) is 6.21 Å². The van der Waals surface area contributed by atoms with Crippen LogP contribution in [-0.2, 0) is 6.61 Å². The number of rotatable bonds is 5. The summed E-state index contributed by atoms with van der Waals surface area (Å²) in [6, 6.07) is 18.3. The first-order valence-corrected chi connectivity index (χ1v) is 9.57. The highest BCUT2D eigenvalue weighted by molar-refractivity contribution is 9.11. The van der Waals surface area contributed by atoms with Crippen LogP contribution < -0.4 is 4.74 Å². The zero-order valence-electron chi connectivity index (χ0n) is 14.0. The molecule has 0 amide bonds. The van der Waals surface area contributed by atoms with Crippen molar-refractivity contribution in [3.8, 4) is 5.75 Å². The molecule has 3 aromatic carbocycles. The zero-order valence-corrected chi connectivity index (χ0v) is 17.2. The van der Waals surface area contributed by atoms with Crippen LogP contribution in [0.1, 0.15) is 16.7 Å². The summed E-state index contributed by atoms with van der Waals surface area (Å²) in [4.78, 5) is 4.48. The van der Waals surface area contributed by atoms with Gasteiger partial charge in [0.1, 0.15) is 18.2 Å². The summed E-state index contributed by atoms with van der Waals surface area (Å²) in [6.45, 7) is 2.33. The SMILES string of the molecule is Cc1ccc(N=Cc2cc(Br)c(OCc3cccc(F)c3)c(Br)c2)cc1. The third kappa shape index (κ3) is 5.02. The van der Waals surface area contributed by atoms with E-state index in [1.807, 2.05) is 49.4 Å². The largest absolute Gasteiger partial charge is 0.487 e. The lowest BCUT2D eigenvalue weighted by molar-refractivity contribution is 0.301. The van der Waals surface area contributed by atoms with E-state index < -0.39 is 0 Å². The van der Waals surface area contributed by atoms with Crippen molar-refractivity contribution < 1.29 is 9.13 Å². The van der Waals surface area contributed by atoms with Crippen LogP contribution in [0.25, 0.3) is 0 Å². The summed E-state index contributed by atoms with van der Waals surface area (Å²) < 4.78 is 20.7. The minimum Gasteiger partial charge on any atom is -0.487 e. The van der Waals surface area contributed by atoms with Crippen molar-refractivity contribution in [3.05, 3.63) is 92.1 Å². The molecule has 0 saturated carbocycles. The van der Waals surface area contributed by atoms with E-state index in [0.717, 1.165) is 25.8 Å². The maximum atomic E-state index is 13.3. The van der Waals surface area contributed by atoms with Crippen molar-refractivity contribution in [2.24, 2.45) is 4.99 Å². The van der Waals surface area contributed by atoms with Crippen LogP contribution in [0.3, 0.4) is 0 Å². The van der Waals surface area contributed by atoms with Gasteiger partial charge in [0.15, 0.2) is 0 Å². The van der Waals surface area contributed by atoms with Gasteiger partial charge in [0.2, 0.25) is 0 Å². The Hall–Kier alpha value is -1.98. The molecule has 0 fully saturated rings. The average Bonchev–Trinajstić information content (AvgIpc) is 2.60. The Labute approximate surface area is 169 Å². The summed E-state index contributed by atoms with van der Waals surface area (Å²) >= 11 is 7.06. The molecule has 0 bridgehead atoms. The molecule has 0 N–H and O–H groups in total. The Balaban J connectivity index is 1.74. The number of hydrogen-bond acceptors (Lipinski definition) is 2. The molecule has 0 spiro atoms. The lowest BCUT2D eigenvalue weighted by atomic mass is 10.2.